The summed E-state index contributed by atoms with van der Waals surface area (Å²) in [6.07, 6.45) is 7.24. The van der Waals surface area contributed by atoms with Gasteiger partial charge in [0, 0.05) is 11.8 Å². The van der Waals surface area contributed by atoms with Gasteiger partial charge in [0.05, 0.1) is 17.6 Å². The van der Waals surface area contributed by atoms with Crippen LogP contribution in [0, 0.1) is 0 Å². The second kappa shape index (κ2) is 5.36. The maximum atomic E-state index is 5.55. The molecule has 98 valence electrons. The number of benzene rings is 1. The van der Waals surface area contributed by atoms with Crippen LogP contribution in [0.3, 0.4) is 0 Å². The van der Waals surface area contributed by atoms with Crippen LogP contribution in [-0.4, -0.2) is 20.2 Å². The van der Waals surface area contributed by atoms with E-state index in [2.05, 4.69) is 20.2 Å². The fourth-order valence-corrected chi connectivity index (χ4v) is 1.92. The van der Waals surface area contributed by atoms with E-state index in [4.69, 9.17) is 5.73 Å². The van der Waals surface area contributed by atoms with Gasteiger partial charge in [0.15, 0.2) is 0 Å². The summed E-state index contributed by atoms with van der Waals surface area (Å²) in [4.78, 5) is 7.98. The molecule has 0 aliphatic rings. The highest BCUT2D eigenvalue weighted by Crippen LogP contribution is 2.22. The summed E-state index contributed by atoms with van der Waals surface area (Å²) in [7, 11) is 0. The van der Waals surface area contributed by atoms with Crippen molar-refractivity contribution in [1.82, 2.24) is 20.2 Å². The highest BCUT2D eigenvalue weighted by molar-refractivity contribution is 5.77. The van der Waals surface area contributed by atoms with Crippen molar-refractivity contribution in [2.75, 3.05) is 5.73 Å². The molecule has 0 fully saturated rings. The van der Waals surface area contributed by atoms with Crippen LogP contribution in [0.1, 0.15) is 11.4 Å². The Kier molecular flexibility index (Phi) is 3.24. The van der Waals surface area contributed by atoms with Gasteiger partial charge in [-0.05, 0) is 23.8 Å². The number of hydrogen-bond donors (Lipinski definition) is 2. The molecule has 20 heavy (non-hydrogen) atoms. The minimum Gasteiger partial charge on any atom is -0.368 e. The monoisotopic (exact) mass is 263 g/mol. The first-order chi connectivity index (χ1) is 9.83. The number of anilines is 1. The van der Waals surface area contributed by atoms with Gasteiger partial charge >= 0.3 is 0 Å². The zero-order valence-corrected chi connectivity index (χ0v) is 10.7. The van der Waals surface area contributed by atoms with Gasteiger partial charge in [0.25, 0.3) is 0 Å². The Labute approximate surface area is 116 Å². The molecular formula is C15H13N5. The van der Waals surface area contributed by atoms with Gasteiger partial charge in [0.1, 0.15) is 0 Å². The van der Waals surface area contributed by atoms with Gasteiger partial charge < -0.3 is 5.73 Å². The molecule has 3 rings (SSSR count). The molecule has 0 saturated heterocycles. The number of aromatic nitrogens is 4. The van der Waals surface area contributed by atoms with Crippen LogP contribution >= 0.6 is 0 Å². The summed E-state index contributed by atoms with van der Waals surface area (Å²) in [5.74, 6) is 0.264. The minimum atomic E-state index is 0.264. The van der Waals surface area contributed by atoms with Gasteiger partial charge in [-0.25, -0.2) is 9.97 Å². The molecule has 0 unspecified atom stereocenters. The molecule has 3 N–H and O–H groups in total. The first-order valence-corrected chi connectivity index (χ1v) is 6.18. The molecule has 3 aromatic rings. The summed E-state index contributed by atoms with van der Waals surface area (Å²) in [6.45, 7) is 0. The highest BCUT2D eigenvalue weighted by atomic mass is 15.1. The Morgan fingerprint density at radius 1 is 1.05 bits per heavy atom. The summed E-state index contributed by atoms with van der Waals surface area (Å²) in [6, 6.07) is 11.9. The average molecular weight is 263 g/mol. The third-order valence-electron chi connectivity index (χ3n) is 2.87. The third-order valence-corrected chi connectivity index (χ3v) is 2.87. The van der Waals surface area contributed by atoms with Crippen molar-refractivity contribution in [3.05, 3.63) is 60.2 Å². The molecule has 0 saturated carbocycles. The summed E-state index contributed by atoms with van der Waals surface area (Å²) < 4.78 is 0. The normalized spacial score (nSPS) is 11.0. The maximum absolute atomic E-state index is 5.55. The highest BCUT2D eigenvalue weighted by Gasteiger charge is 2.04. The van der Waals surface area contributed by atoms with E-state index in [-0.39, 0.29) is 5.95 Å². The Morgan fingerprint density at radius 2 is 1.90 bits per heavy atom. The van der Waals surface area contributed by atoms with Crippen molar-refractivity contribution in [3.63, 3.8) is 0 Å². The smallest absolute Gasteiger partial charge is 0.220 e. The standard InChI is InChI=1S/C15H13N5/c16-15-17-9-8-12(19-15)6-7-14-13(10-18-20-14)11-4-2-1-3-5-11/h1-10H,(H,18,20)(H2,16,17,19)/b7-6+. The Bertz CT molecular complexity index is 731. The number of nitrogens with two attached hydrogens (primary N) is 1. The number of rotatable bonds is 3. The van der Waals surface area contributed by atoms with Crippen molar-refractivity contribution in [2.45, 2.75) is 0 Å². The molecule has 2 heterocycles. The molecule has 0 atom stereocenters. The zero-order valence-electron chi connectivity index (χ0n) is 10.7. The second-order valence-corrected chi connectivity index (χ2v) is 4.24. The number of aromatic amines is 1. The fraction of sp³-hybridized carbons (Fsp3) is 0. The van der Waals surface area contributed by atoms with E-state index in [1.807, 2.05) is 48.7 Å². The van der Waals surface area contributed by atoms with E-state index in [9.17, 15) is 0 Å². The van der Waals surface area contributed by atoms with Crippen molar-refractivity contribution in [1.29, 1.82) is 0 Å². The molecule has 0 radical (unpaired) electrons. The first-order valence-electron chi connectivity index (χ1n) is 6.18. The lowest BCUT2D eigenvalue weighted by Gasteiger charge is -1.99. The Hall–Kier alpha value is -2.95. The van der Waals surface area contributed by atoms with Crippen LogP contribution in [0.25, 0.3) is 23.3 Å². The fourth-order valence-electron chi connectivity index (χ4n) is 1.92. The molecule has 5 nitrogen and oxygen atoms in total. The maximum Gasteiger partial charge on any atom is 0.220 e. The SMILES string of the molecule is Nc1nccc(/C=C/c2[nH]ncc2-c2ccccc2)n1. The Morgan fingerprint density at radius 3 is 2.70 bits per heavy atom. The lowest BCUT2D eigenvalue weighted by atomic mass is 10.1. The van der Waals surface area contributed by atoms with Crippen molar-refractivity contribution in [3.8, 4) is 11.1 Å². The number of H-pyrrole nitrogens is 1. The number of nitrogen functional groups attached to an aromatic ring is 1. The lowest BCUT2D eigenvalue weighted by molar-refractivity contribution is 1.08. The van der Waals surface area contributed by atoms with Gasteiger partial charge in [-0.1, -0.05) is 30.3 Å². The largest absolute Gasteiger partial charge is 0.368 e. The van der Waals surface area contributed by atoms with E-state index in [1.54, 1.807) is 12.3 Å². The van der Waals surface area contributed by atoms with Gasteiger partial charge in [0.2, 0.25) is 5.95 Å². The van der Waals surface area contributed by atoms with E-state index in [0.717, 1.165) is 22.5 Å². The number of nitrogens with one attached hydrogen (secondary N) is 1. The Balaban J connectivity index is 1.91. The topological polar surface area (TPSA) is 80.5 Å². The van der Waals surface area contributed by atoms with Gasteiger partial charge in [-0.3, -0.25) is 5.10 Å². The molecule has 1 aromatic carbocycles. The first kappa shape index (κ1) is 12.1. The predicted octanol–water partition coefficient (Wildman–Crippen LogP) is 2.62. The molecular weight excluding hydrogens is 250 g/mol. The summed E-state index contributed by atoms with van der Waals surface area (Å²) in [5.41, 5.74) is 9.39. The molecule has 5 heteroatoms. The van der Waals surface area contributed by atoms with Crippen LogP contribution in [0.4, 0.5) is 5.95 Å². The van der Waals surface area contributed by atoms with Crippen molar-refractivity contribution < 1.29 is 0 Å². The molecule has 2 aromatic heterocycles. The van der Waals surface area contributed by atoms with Crippen molar-refractivity contribution in [2.24, 2.45) is 0 Å². The van der Waals surface area contributed by atoms with Crippen LogP contribution in [0.15, 0.2) is 48.8 Å². The summed E-state index contributed by atoms with van der Waals surface area (Å²) in [5, 5.41) is 7.07. The van der Waals surface area contributed by atoms with E-state index in [0.29, 0.717) is 0 Å². The second-order valence-electron chi connectivity index (χ2n) is 4.24. The lowest BCUT2D eigenvalue weighted by Crippen LogP contribution is -1.94. The predicted molar refractivity (Wildman–Crippen MR) is 79.4 cm³/mol. The van der Waals surface area contributed by atoms with E-state index in [1.165, 1.54) is 0 Å². The number of nitrogens with zero attached hydrogens (tertiary/aromatic N) is 3. The van der Waals surface area contributed by atoms with Gasteiger partial charge in [-0.15, -0.1) is 0 Å². The van der Waals surface area contributed by atoms with Crippen LogP contribution < -0.4 is 5.73 Å². The van der Waals surface area contributed by atoms with Crippen LogP contribution in [-0.2, 0) is 0 Å². The molecule has 0 aliphatic heterocycles. The van der Waals surface area contributed by atoms with Crippen molar-refractivity contribution >= 4 is 18.1 Å². The van der Waals surface area contributed by atoms with Crippen LogP contribution in [0.2, 0.25) is 0 Å². The molecule has 0 bridgehead atoms. The van der Waals surface area contributed by atoms with Gasteiger partial charge in [-0.2, -0.15) is 5.10 Å². The van der Waals surface area contributed by atoms with E-state index < -0.39 is 0 Å². The molecule has 0 amide bonds. The molecule has 0 aliphatic carbocycles. The quantitative estimate of drug-likeness (QED) is 0.761. The average Bonchev–Trinajstić information content (AvgIpc) is 2.95. The minimum absolute atomic E-state index is 0.264. The molecule has 0 spiro atoms. The van der Waals surface area contributed by atoms with Crippen LogP contribution in [0.5, 0.6) is 0 Å². The number of hydrogen-bond acceptors (Lipinski definition) is 4. The zero-order chi connectivity index (χ0) is 13.8. The van der Waals surface area contributed by atoms with E-state index >= 15 is 0 Å². The third kappa shape index (κ3) is 2.56. The summed E-state index contributed by atoms with van der Waals surface area (Å²) >= 11 is 0.